The number of para-hydroxylation sites is 2. The predicted octanol–water partition coefficient (Wildman–Crippen LogP) is 4.83. The van der Waals surface area contributed by atoms with Crippen molar-refractivity contribution in [3.05, 3.63) is 48.5 Å². The fourth-order valence-electron chi connectivity index (χ4n) is 4.87. The van der Waals surface area contributed by atoms with Crippen LogP contribution in [0, 0.1) is 5.92 Å². The highest BCUT2D eigenvalue weighted by molar-refractivity contribution is 5.97. The number of rotatable bonds is 5. The molecule has 166 valence electrons. The van der Waals surface area contributed by atoms with Crippen molar-refractivity contribution in [2.45, 2.75) is 44.7 Å². The molecule has 2 aromatic carbocycles. The minimum atomic E-state index is -2.72. The Hall–Kier alpha value is -3.29. The third-order valence-electron chi connectivity index (χ3n) is 6.50. The summed E-state index contributed by atoms with van der Waals surface area (Å²) < 4.78 is 28.3. The molecule has 0 radical (unpaired) electrons. The zero-order chi connectivity index (χ0) is 22.2. The normalized spacial score (nSPS) is 19.4. The van der Waals surface area contributed by atoms with Crippen LogP contribution in [0.15, 0.2) is 48.5 Å². The topological polar surface area (TPSA) is 67.2 Å². The molecule has 2 heterocycles. The van der Waals surface area contributed by atoms with E-state index in [1.165, 1.54) is 0 Å². The highest BCUT2D eigenvalue weighted by Gasteiger charge is 2.38. The van der Waals surface area contributed by atoms with Crippen molar-refractivity contribution in [1.82, 2.24) is 14.5 Å². The summed E-state index contributed by atoms with van der Waals surface area (Å²) in [5.74, 6) is -0.330. The zero-order valence-electron chi connectivity index (χ0n) is 17.5. The largest absolute Gasteiger partial charge is 0.339 e. The first-order valence-electron chi connectivity index (χ1n) is 11.0. The van der Waals surface area contributed by atoms with E-state index in [-0.39, 0.29) is 36.0 Å². The third-order valence-corrected chi connectivity index (χ3v) is 6.50. The number of anilines is 1. The van der Waals surface area contributed by atoms with E-state index >= 15 is 0 Å². The molecule has 1 saturated carbocycles. The Kier molecular flexibility index (Phi) is 5.36. The Morgan fingerprint density at radius 3 is 2.50 bits per heavy atom. The molecule has 6 nitrogen and oxygen atoms in total. The number of benzene rings is 2. The van der Waals surface area contributed by atoms with Crippen molar-refractivity contribution in [1.29, 1.82) is 0 Å². The molecular weight excluding hydrogens is 414 g/mol. The summed E-state index contributed by atoms with van der Waals surface area (Å²) in [6.07, 6.45) is 4.54. The summed E-state index contributed by atoms with van der Waals surface area (Å²) in [5, 5.41) is 2.87. The van der Waals surface area contributed by atoms with Crippen LogP contribution in [0.3, 0.4) is 0 Å². The van der Waals surface area contributed by atoms with E-state index in [1.54, 1.807) is 48.5 Å². The SMILES string of the molecule is O=C(Nc1ccc(-c2nc3ccccc3n2C(F)F)cc1)C1CC(=O)N(C2CCCC2)C1. The molecule has 1 aliphatic heterocycles. The van der Waals surface area contributed by atoms with E-state index in [1.807, 2.05) is 4.90 Å². The van der Waals surface area contributed by atoms with Crippen molar-refractivity contribution >= 4 is 28.5 Å². The highest BCUT2D eigenvalue weighted by atomic mass is 19.3. The molecule has 1 aromatic heterocycles. The van der Waals surface area contributed by atoms with Crippen LogP contribution in [0.2, 0.25) is 0 Å². The minimum absolute atomic E-state index is 0.0540. The number of fused-ring (bicyclic) bond motifs is 1. The summed E-state index contributed by atoms with van der Waals surface area (Å²) in [7, 11) is 0. The number of hydrogen-bond donors (Lipinski definition) is 1. The lowest BCUT2D eigenvalue weighted by Crippen LogP contribution is -2.35. The molecule has 32 heavy (non-hydrogen) atoms. The smallest absolute Gasteiger partial charge is 0.320 e. The standard InChI is InChI=1S/C24H24F2N4O2/c25-24(26)30-20-8-4-3-7-19(20)28-22(30)15-9-11-17(12-10-15)27-23(32)16-13-21(31)29(14-16)18-5-1-2-6-18/h3-4,7-12,16,18,24H,1-2,5-6,13-14H2,(H,27,32). The molecule has 2 fully saturated rings. The first-order chi connectivity index (χ1) is 15.5. The molecule has 2 aliphatic rings. The molecule has 5 rings (SSSR count). The minimum Gasteiger partial charge on any atom is -0.339 e. The number of likely N-dealkylation sites (tertiary alicyclic amines) is 1. The first-order valence-corrected chi connectivity index (χ1v) is 11.0. The van der Waals surface area contributed by atoms with Gasteiger partial charge in [-0.15, -0.1) is 0 Å². The average Bonchev–Trinajstić information content (AvgIpc) is 3.52. The van der Waals surface area contributed by atoms with Crippen LogP contribution in [-0.2, 0) is 9.59 Å². The number of nitrogens with one attached hydrogen (secondary N) is 1. The second-order valence-corrected chi connectivity index (χ2v) is 8.52. The van der Waals surface area contributed by atoms with Crippen LogP contribution in [0.5, 0.6) is 0 Å². The average molecular weight is 438 g/mol. The third kappa shape index (κ3) is 3.74. The first kappa shape index (κ1) is 20.6. The Morgan fingerprint density at radius 1 is 1.06 bits per heavy atom. The lowest BCUT2D eigenvalue weighted by Gasteiger charge is -2.23. The number of hydrogen-bond acceptors (Lipinski definition) is 3. The second-order valence-electron chi connectivity index (χ2n) is 8.52. The summed E-state index contributed by atoms with van der Waals surface area (Å²) in [5.41, 5.74) is 1.96. The highest BCUT2D eigenvalue weighted by Crippen LogP contribution is 2.32. The van der Waals surface area contributed by atoms with Crippen LogP contribution in [0.25, 0.3) is 22.4 Å². The molecule has 1 unspecified atom stereocenters. The molecule has 3 aromatic rings. The van der Waals surface area contributed by atoms with E-state index in [4.69, 9.17) is 0 Å². The number of imidazole rings is 1. The number of halogens is 2. The van der Waals surface area contributed by atoms with Gasteiger partial charge in [0.2, 0.25) is 11.8 Å². The summed E-state index contributed by atoms with van der Waals surface area (Å²) in [6, 6.07) is 13.7. The van der Waals surface area contributed by atoms with Gasteiger partial charge < -0.3 is 10.2 Å². The molecule has 0 spiro atoms. The summed E-state index contributed by atoms with van der Waals surface area (Å²) >= 11 is 0. The molecule has 1 N–H and O–H groups in total. The maximum atomic E-state index is 13.7. The summed E-state index contributed by atoms with van der Waals surface area (Å²) in [6.45, 7) is -2.26. The van der Waals surface area contributed by atoms with Gasteiger partial charge in [-0.1, -0.05) is 25.0 Å². The van der Waals surface area contributed by atoms with Gasteiger partial charge in [-0.2, -0.15) is 8.78 Å². The molecule has 8 heteroatoms. The second kappa shape index (κ2) is 8.33. The van der Waals surface area contributed by atoms with Gasteiger partial charge >= 0.3 is 6.55 Å². The Bertz CT molecular complexity index is 1150. The van der Waals surface area contributed by atoms with Crippen molar-refractivity contribution < 1.29 is 18.4 Å². The van der Waals surface area contributed by atoms with Crippen molar-refractivity contribution in [3.8, 4) is 11.4 Å². The van der Waals surface area contributed by atoms with Crippen LogP contribution in [0.1, 0.15) is 38.7 Å². The van der Waals surface area contributed by atoms with Crippen LogP contribution in [0.4, 0.5) is 14.5 Å². The predicted molar refractivity (Wildman–Crippen MR) is 117 cm³/mol. The zero-order valence-corrected chi connectivity index (χ0v) is 17.5. The maximum Gasteiger partial charge on any atom is 0.320 e. The van der Waals surface area contributed by atoms with Gasteiger partial charge in [0.05, 0.1) is 17.0 Å². The molecule has 1 atom stereocenters. The van der Waals surface area contributed by atoms with Gasteiger partial charge in [0.25, 0.3) is 0 Å². The fourth-order valence-corrected chi connectivity index (χ4v) is 4.87. The number of carbonyl (C=O) groups excluding carboxylic acids is 2. The molecule has 1 saturated heterocycles. The number of carbonyl (C=O) groups is 2. The van der Waals surface area contributed by atoms with E-state index in [9.17, 15) is 18.4 Å². The number of alkyl halides is 2. The lowest BCUT2D eigenvalue weighted by atomic mass is 10.1. The van der Waals surface area contributed by atoms with E-state index in [0.29, 0.717) is 28.8 Å². The van der Waals surface area contributed by atoms with Gasteiger partial charge in [-0.05, 0) is 49.2 Å². The maximum absolute atomic E-state index is 13.7. The van der Waals surface area contributed by atoms with Gasteiger partial charge in [0.15, 0.2) is 0 Å². The molecule has 2 amide bonds. The molecular formula is C24H24F2N4O2. The Labute approximate surface area is 184 Å². The van der Waals surface area contributed by atoms with Crippen LogP contribution >= 0.6 is 0 Å². The molecule has 0 bridgehead atoms. The number of nitrogens with zero attached hydrogens (tertiary/aromatic N) is 3. The summed E-state index contributed by atoms with van der Waals surface area (Å²) in [4.78, 5) is 31.3. The number of amides is 2. The fraction of sp³-hybridized carbons (Fsp3) is 0.375. The van der Waals surface area contributed by atoms with E-state index in [2.05, 4.69) is 10.3 Å². The quantitative estimate of drug-likeness (QED) is 0.621. The van der Waals surface area contributed by atoms with Gasteiger partial charge in [-0.3, -0.25) is 14.2 Å². The molecule has 1 aliphatic carbocycles. The van der Waals surface area contributed by atoms with Crippen LogP contribution in [-0.4, -0.2) is 38.9 Å². The Morgan fingerprint density at radius 2 is 1.78 bits per heavy atom. The van der Waals surface area contributed by atoms with Crippen molar-refractivity contribution in [3.63, 3.8) is 0 Å². The Balaban J connectivity index is 1.31. The lowest BCUT2D eigenvalue weighted by molar-refractivity contribution is -0.129. The van der Waals surface area contributed by atoms with E-state index < -0.39 is 6.55 Å². The van der Waals surface area contributed by atoms with Crippen molar-refractivity contribution in [2.24, 2.45) is 5.92 Å². The monoisotopic (exact) mass is 438 g/mol. The number of aromatic nitrogens is 2. The van der Waals surface area contributed by atoms with E-state index in [0.717, 1.165) is 30.3 Å². The van der Waals surface area contributed by atoms with Gasteiger partial charge in [0, 0.05) is 30.3 Å². The van der Waals surface area contributed by atoms with Gasteiger partial charge in [0.1, 0.15) is 5.82 Å². The van der Waals surface area contributed by atoms with Crippen LogP contribution < -0.4 is 5.32 Å². The van der Waals surface area contributed by atoms with Gasteiger partial charge in [-0.25, -0.2) is 4.98 Å². The van der Waals surface area contributed by atoms with Crippen molar-refractivity contribution in [2.75, 3.05) is 11.9 Å².